The Kier molecular flexibility index (Phi) is 3.83. The normalized spacial score (nSPS) is 20.8. The first-order valence-corrected chi connectivity index (χ1v) is 8.28. The van der Waals surface area contributed by atoms with E-state index < -0.39 is 6.04 Å². The maximum Gasteiger partial charge on any atom is 0.267 e. The van der Waals surface area contributed by atoms with Crippen LogP contribution in [0.25, 0.3) is 0 Å². The van der Waals surface area contributed by atoms with E-state index in [1.165, 1.54) is 10.7 Å². The number of carbonyl (C=O) groups excluding carboxylic acids is 1. The number of amides is 1. The van der Waals surface area contributed by atoms with Gasteiger partial charge in [-0.2, -0.15) is 16.9 Å². The van der Waals surface area contributed by atoms with Gasteiger partial charge in [-0.1, -0.05) is 0 Å². The van der Waals surface area contributed by atoms with Crippen molar-refractivity contribution in [2.75, 3.05) is 24.6 Å². The van der Waals surface area contributed by atoms with Crippen LogP contribution >= 0.6 is 11.8 Å². The lowest BCUT2D eigenvalue weighted by Crippen LogP contribution is -2.43. The Morgan fingerprint density at radius 3 is 2.70 bits per heavy atom. The number of thioether (sulfide) groups is 1. The van der Waals surface area contributed by atoms with Crippen LogP contribution in [0.5, 0.6) is 0 Å². The minimum absolute atomic E-state index is 0.00727. The number of nitrogens with zero attached hydrogens (tertiary/aromatic N) is 3. The second-order valence-electron chi connectivity index (χ2n) is 5.43. The predicted octanol–water partition coefficient (Wildman–Crippen LogP) is 1.26. The van der Waals surface area contributed by atoms with Gasteiger partial charge in [0.2, 0.25) is 5.91 Å². The molecule has 5 nitrogen and oxygen atoms in total. The van der Waals surface area contributed by atoms with E-state index in [0.29, 0.717) is 5.92 Å². The van der Waals surface area contributed by atoms with Gasteiger partial charge >= 0.3 is 0 Å². The van der Waals surface area contributed by atoms with Crippen LogP contribution in [0.4, 0.5) is 0 Å². The molecule has 1 saturated heterocycles. The van der Waals surface area contributed by atoms with Crippen LogP contribution in [0.3, 0.4) is 0 Å². The molecular formula is C14H19N3O2S. The first-order valence-electron chi connectivity index (χ1n) is 7.13. The SMILES string of the molecule is C[C@H](C(=O)N1CCSCC1)n1nc(C2CC2)ccc1=O. The van der Waals surface area contributed by atoms with E-state index in [2.05, 4.69) is 5.10 Å². The summed E-state index contributed by atoms with van der Waals surface area (Å²) in [5.41, 5.74) is 0.750. The molecule has 2 aliphatic rings. The molecule has 6 heteroatoms. The lowest BCUT2D eigenvalue weighted by atomic mass is 10.2. The quantitative estimate of drug-likeness (QED) is 0.842. The minimum atomic E-state index is -0.510. The van der Waals surface area contributed by atoms with E-state index in [4.69, 9.17) is 0 Å². The summed E-state index contributed by atoms with van der Waals surface area (Å²) in [6.07, 6.45) is 2.27. The topological polar surface area (TPSA) is 55.2 Å². The zero-order chi connectivity index (χ0) is 14.1. The Morgan fingerprint density at radius 1 is 1.35 bits per heavy atom. The van der Waals surface area contributed by atoms with Crippen molar-refractivity contribution in [1.82, 2.24) is 14.7 Å². The van der Waals surface area contributed by atoms with Crippen LogP contribution in [-0.4, -0.2) is 45.2 Å². The van der Waals surface area contributed by atoms with Crippen molar-refractivity contribution < 1.29 is 4.79 Å². The summed E-state index contributed by atoms with van der Waals surface area (Å²) in [6, 6.07) is 2.83. The fraction of sp³-hybridized carbons (Fsp3) is 0.643. The summed E-state index contributed by atoms with van der Waals surface area (Å²) in [6.45, 7) is 3.31. The average molecular weight is 293 g/mol. The highest BCUT2D eigenvalue weighted by molar-refractivity contribution is 7.99. The molecule has 108 valence electrons. The van der Waals surface area contributed by atoms with E-state index >= 15 is 0 Å². The van der Waals surface area contributed by atoms with Gasteiger partial charge in [0.1, 0.15) is 6.04 Å². The molecule has 20 heavy (non-hydrogen) atoms. The van der Waals surface area contributed by atoms with Gasteiger partial charge in [-0.15, -0.1) is 0 Å². The van der Waals surface area contributed by atoms with E-state index in [1.54, 1.807) is 13.0 Å². The minimum Gasteiger partial charge on any atom is -0.339 e. The van der Waals surface area contributed by atoms with Gasteiger partial charge in [-0.25, -0.2) is 4.68 Å². The molecule has 0 unspecified atom stereocenters. The molecule has 1 aliphatic carbocycles. The van der Waals surface area contributed by atoms with Gasteiger partial charge in [-0.05, 0) is 25.8 Å². The van der Waals surface area contributed by atoms with Crippen molar-refractivity contribution >= 4 is 17.7 Å². The van der Waals surface area contributed by atoms with Gasteiger partial charge in [-0.3, -0.25) is 9.59 Å². The van der Waals surface area contributed by atoms with Crippen molar-refractivity contribution in [3.8, 4) is 0 Å². The van der Waals surface area contributed by atoms with Crippen molar-refractivity contribution in [1.29, 1.82) is 0 Å². The molecule has 0 radical (unpaired) electrons. The molecule has 0 spiro atoms. The fourth-order valence-electron chi connectivity index (χ4n) is 2.47. The maximum absolute atomic E-state index is 12.5. The van der Waals surface area contributed by atoms with E-state index in [9.17, 15) is 9.59 Å². The van der Waals surface area contributed by atoms with Gasteiger partial charge in [0.15, 0.2) is 0 Å². The van der Waals surface area contributed by atoms with Crippen LogP contribution in [-0.2, 0) is 4.79 Å². The molecular weight excluding hydrogens is 274 g/mol. The Hall–Kier alpha value is -1.30. The number of rotatable bonds is 3. The van der Waals surface area contributed by atoms with Crippen molar-refractivity contribution in [3.05, 3.63) is 28.2 Å². The molecule has 0 bridgehead atoms. The monoisotopic (exact) mass is 293 g/mol. The first kappa shape index (κ1) is 13.7. The molecule has 1 aromatic rings. The number of carbonyl (C=O) groups is 1. The molecule has 0 N–H and O–H groups in total. The van der Waals surface area contributed by atoms with Crippen LogP contribution in [0.2, 0.25) is 0 Å². The molecule has 1 saturated carbocycles. The lowest BCUT2D eigenvalue weighted by Gasteiger charge is -2.29. The van der Waals surface area contributed by atoms with Crippen molar-refractivity contribution in [2.24, 2.45) is 0 Å². The number of hydrogen-bond acceptors (Lipinski definition) is 4. The fourth-order valence-corrected chi connectivity index (χ4v) is 3.37. The van der Waals surface area contributed by atoms with Crippen LogP contribution in [0, 0.1) is 0 Å². The third kappa shape index (κ3) is 2.75. The summed E-state index contributed by atoms with van der Waals surface area (Å²) in [5, 5.41) is 4.40. The summed E-state index contributed by atoms with van der Waals surface area (Å²) in [5.74, 6) is 2.44. The highest BCUT2D eigenvalue weighted by Crippen LogP contribution is 2.38. The first-order chi connectivity index (χ1) is 9.66. The Balaban J connectivity index is 1.81. The molecule has 2 heterocycles. The average Bonchev–Trinajstić information content (AvgIpc) is 3.32. The predicted molar refractivity (Wildman–Crippen MR) is 79.1 cm³/mol. The Bertz CT molecular complexity index is 562. The zero-order valence-corrected chi connectivity index (χ0v) is 12.4. The Morgan fingerprint density at radius 2 is 2.05 bits per heavy atom. The van der Waals surface area contributed by atoms with Gasteiger partial charge < -0.3 is 4.90 Å². The summed E-state index contributed by atoms with van der Waals surface area (Å²) in [4.78, 5) is 26.3. The number of aromatic nitrogens is 2. The third-order valence-corrected chi connectivity index (χ3v) is 4.83. The highest BCUT2D eigenvalue weighted by atomic mass is 32.2. The smallest absolute Gasteiger partial charge is 0.267 e. The van der Waals surface area contributed by atoms with Crippen molar-refractivity contribution in [2.45, 2.75) is 31.7 Å². The summed E-state index contributed by atoms with van der Waals surface area (Å²) >= 11 is 1.86. The zero-order valence-electron chi connectivity index (χ0n) is 11.6. The highest BCUT2D eigenvalue weighted by Gasteiger charge is 2.28. The molecule has 3 rings (SSSR count). The largest absolute Gasteiger partial charge is 0.339 e. The lowest BCUT2D eigenvalue weighted by molar-refractivity contribution is -0.134. The second kappa shape index (κ2) is 5.60. The molecule has 1 aliphatic heterocycles. The van der Waals surface area contributed by atoms with Crippen molar-refractivity contribution in [3.63, 3.8) is 0 Å². The molecule has 2 fully saturated rings. The van der Waals surface area contributed by atoms with Crippen LogP contribution in [0.1, 0.15) is 37.4 Å². The second-order valence-corrected chi connectivity index (χ2v) is 6.65. The number of hydrogen-bond donors (Lipinski definition) is 0. The van der Waals surface area contributed by atoms with Gasteiger partial charge in [0.25, 0.3) is 5.56 Å². The van der Waals surface area contributed by atoms with Crippen LogP contribution < -0.4 is 5.56 Å². The van der Waals surface area contributed by atoms with Gasteiger partial charge in [0, 0.05) is 36.6 Å². The van der Waals surface area contributed by atoms with Gasteiger partial charge in [0.05, 0.1) is 5.69 Å². The molecule has 1 amide bonds. The van der Waals surface area contributed by atoms with E-state index in [1.807, 2.05) is 16.7 Å². The third-order valence-electron chi connectivity index (χ3n) is 3.89. The maximum atomic E-state index is 12.5. The molecule has 1 atom stereocenters. The Labute approximate surface area is 122 Å². The summed E-state index contributed by atoms with van der Waals surface area (Å²) in [7, 11) is 0. The van der Waals surface area contributed by atoms with Crippen LogP contribution in [0.15, 0.2) is 16.9 Å². The summed E-state index contributed by atoms with van der Waals surface area (Å²) < 4.78 is 1.36. The van der Waals surface area contributed by atoms with E-state index in [-0.39, 0.29) is 11.5 Å². The molecule has 1 aromatic heterocycles. The van der Waals surface area contributed by atoms with E-state index in [0.717, 1.165) is 43.1 Å². The molecule has 0 aromatic carbocycles. The standard InChI is InChI=1S/C14H19N3O2S/c1-10(14(19)16-6-8-20-9-7-16)17-13(18)5-4-12(15-17)11-2-3-11/h4-5,10-11H,2-3,6-9H2,1H3/t10-/m1/s1.